The molecule has 0 bridgehead atoms. The lowest BCUT2D eigenvalue weighted by atomic mass is 9.73. The van der Waals surface area contributed by atoms with Crippen molar-refractivity contribution in [3.63, 3.8) is 0 Å². The van der Waals surface area contributed by atoms with E-state index >= 15 is 0 Å². The molecule has 1 amide bonds. The first-order valence-corrected chi connectivity index (χ1v) is 10.5. The van der Waals surface area contributed by atoms with Crippen LogP contribution in [0.15, 0.2) is 84.9 Å². The number of para-hydroxylation sites is 1. The SMILES string of the molecule is O=C(NCCOc1ccccc1-c1ccccc1)C1(c2ccccc2)CCOCC1. The van der Waals surface area contributed by atoms with Crippen LogP contribution in [0.25, 0.3) is 11.1 Å². The molecular weight excluding hydrogens is 374 g/mol. The number of nitrogens with one attached hydrogen (secondary N) is 1. The van der Waals surface area contributed by atoms with Crippen LogP contribution in [0.2, 0.25) is 0 Å². The zero-order valence-corrected chi connectivity index (χ0v) is 17.1. The Morgan fingerprint density at radius 1 is 0.867 bits per heavy atom. The Kier molecular flexibility index (Phi) is 6.45. The van der Waals surface area contributed by atoms with E-state index in [2.05, 4.69) is 23.5 Å². The molecule has 30 heavy (non-hydrogen) atoms. The molecule has 0 aliphatic carbocycles. The van der Waals surface area contributed by atoms with E-state index in [4.69, 9.17) is 9.47 Å². The van der Waals surface area contributed by atoms with Crippen molar-refractivity contribution >= 4 is 5.91 Å². The lowest BCUT2D eigenvalue weighted by Gasteiger charge is -2.36. The number of hydrogen-bond acceptors (Lipinski definition) is 3. The van der Waals surface area contributed by atoms with Crippen LogP contribution in [-0.2, 0) is 14.9 Å². The van der Waals surface area contributed by atoms with Crippen molar-refractivity contribution in [2.24, 2.45) is 0 Å². The zero-order chi connectivity index (χ0) is 20.7. The zero-order valence-electron chi connectivity index (χ0n) is 17.1. The Labute approximate surface area is 177 Å². The van der Waals surface area contributed by atoms with Gasteiger partial charge in [-0.2, -0.15) is 0 Å². The quantitative estimate of drug-likeness (QED) is 0.589. The smallest absolute Gasteiger partial charge is 0.230 e. The first kappa shape index (κ1) is 20.2. The normalized spacial score (nSPS) is 15.3. The third kappa shape index (κ3) is 4.39. The molecule has 1 heterocycles. The lowest BCUT2D eigenvalue weighted by Crippen LogP contribution is -2.48. The summed E-state index contributed by atoms with van der Waals surface area (Å²) in [6.45, 7) is 2.07. The van der Waals surface area contributed by atoms with Crippen molar-refractivity contribution < 1.29 is 14.3 Å². The summed E-state index contributed by atoms with van der Waals surface area (Å²) in [5, 5.41) is 3.10. The fourth-order valence-electron chi connectivity index (χ4n) is 4.07. The van der Waals surface area contributed by atoms with E-state index in [0.29, 0.717) is 39.2 Å². The number of amides is 1. The van der Waals surface area contributed by atoms with Crippen LogP contribution >= 0.6 is 0 Å². The standard InChI is InChI=1S/C26H27NO3/c28-25(26(15-18-29-19-16-26)22-11-5-2-6-12-22)27-17-20-30-24-14-8-7-13-23(24)21-9-3-1-4-10-21/h1-14H,15-20H2,(H,27,28). The first-order chi connectivity index (χ1) is 14.8. The van der Waals surface area contributed by atoms with Gasteiger partial charge in [-0.3, -0.25) is 4.79 Å². The summed E-state index contributed by atoms with van der Waals surface area (Å²) >= 11 is 0. The summed E-state index contributed by atoms with van der Waals surface area (Å²) in [6, 6.07) is 28.2. The van der Waals surface area contributed by atoms with Gasteiger partial charge in [0.05, 0.1) is 12.0 Å². The Balaban J connectivity index is 1.39. The van der Waals surface area contributed by atoms with Crippen LogP contribution in [0.5, 0.6) is 5.75 Å². The van der Waals surface area contributed by atoms with Gasteiger partial charge in [0.25, 0.3) is 0 Å². The van der Waals surface area contributed by atoms with E-state index in [9.17, 15) is 4.79 Å². The van der Waals surface area contributed by atoms with Gasteiger partial charge in [0, 0.05) is 18.8 Å². The van der Waals surface area contributed by atoms with Gasteiger partial charge in [-0.25, -0.2) is 0 Å². The summed E-state index contributed by atoms with van der Waals surface area (Å²) in [7, 11) is 0. The van der Waals surface area contributed by atoms with Crippen LogP contribution in [0.4, 0.5) is 0 Å². The Hall–Kier alpha value is -3.11. The maximum Gasteiger partial charge on any atom is 0.230 e. The van der Waals surface area contributed by atoms with Crippen LogP contribution in [0, 0.1) is 0 Å². The molecule has 0 radical (unpaired) electrons. The minimum absolute atomic E-state index is 0.0527. The number of carbonyl (C=O) groups is 1. The third-order valence-electron chi connectivity index (χ3n) is 5.72. The molecule has 0 aromatic heterocycles. The molecule has 1 saturated heterocycles. The fourth-order valence-corrected chi connectivity index (χ4v) is 4.07. The average Bonchev–Trinajstić information content (AvgIpc) is 2.83. The van der Waals surface area contributed by atoms with E-state index in [0.717, 1.165) is 22.4 Å². The minimum Gasteiger partial charge on any atom is -0.491 e. The second-order valence-corrected chi connectivity index (χ2v) is 7.53. The Morgan fingerprint density at radius 2 is 1.50 bits per heavy atom. The largest absolute Gasteiger partial charge is 0.491 e. The minimum atomic E-state index is -0.526. The van der Waals surface area contributed by atoms with Crippen molar-refractivity contribution in [3.8, 4) is 16.9 Å². The highest BCUT2D eigenvalue weighted by molar-refractivity contribution is 5.88. The van der Waals surface area contributed by atoms with Crippen molar-refractivity contribution in [1.82, 2.24) is 5.32 Å². The average molecular weight is 402 g/mol. The summed E-state index contributed by atoms with van der Waals surface area (Å²) < 4.78 is 11.6. The van der Waals surface area contributed by atoms with Crippen LogP contribution in [0.3, 0.4) is 0 Å². The monoisotopic (exact) mass is 401 g/mol. The van der Waals surface area contributed by atoms with Crippen molar-refractivity contribution in [3.05, 3.63) is 90.5 Å². The summed E-state index contributed by atoms with van der Waals surface area (Å²) in [5.41, 5.74) is 2.69. The highest BCUT2D eigenvalue weighted by Crippen LogP contribution is 2.35. The van der Waals surface area contributed by atoms with Crippen LogP contribution in [0.1, 0.15) is 18.4 Å². The van der Waals surface area contributed by atoms with Gasteiger partial charge in [-0.15, -0.1) is 0 Å². The molecule has 1 aliphatic rings. The molecule has 0 saturated carbocycles. The van der Waals surface area contributed by atoms with E-state index in [-0.39, 0.29) is 5.91 Å². The van der Waals surface area contributed by atoms with Gasteiger partial charge in [0.1, 0.15) is 12.4 Å². The molecular formula is C26H27NO3. The number of ether oxygens (including phenoxy) is 2. The number of carbonyl (C=O) groups excluding carboxylic acids is 1. The molecule has 4 nitrogen and oxygen atoms in total. The molecule has 1 N–H and O–H groups in total. The molecule has 0 atom stereocenters. The van der Waals surface area contributed by atoms with Crippen molar-refractivity contribution in [2.45, 2.75) is 18.3 Å². The van der Waals surface area contributed by atoms with Gasteiger partial charge in [0.2, 0.25) is 5.91 Å². The predicted octanol–water partition coefficient (Wildman–Crippen LogP) is 4.60. The topological polar surface area (TPSA) is 47.6 Å². The molecule has 3 aromatic rings. The van der Waals surface area contributed by atoms with E-state index < -0.39 is 5.41 Å². The van der Waals surface area contributed by atoms with Gasteiger partial charge in [-0.1, -0.05) is 78.9 Å². The second-order valence-electron chi connectivity index (χ2n) is 7.53. The highest BCUT2D eigenvalue weighted by atomic mass is 16.5. The van der Waals surface area contributed by atoms with E-state index in [1.54, 1.807) is 0 Å². The summed E-state index contributed by atoms with van der Waals surface area (Å²) in [6.07, 6.45) is 1.39. The van der Waals surface area contributed by atoms with Gasteiger partial charge >= 0.3 is 0 Å². The van der Waals surface area contributed by atoms with Gasteiger partial charge < -0.3 is 14.8 Å². The first-order valence-electron chi connectivity index (χ1n) is 10.5. The summed E-state index contributed by atoms with van der Waals surface area (Å²) in [4.78, 5) is 13.2. The molecule has 1 fully saturated rings. The maximum absolute atomic E-state index is 13.2. The van der Waals surface area contributed by atoms with Crippen molar-refractivity contribution in [1.29, 1.82) is 0 Å². The van der Waals surface area contributed by atoms with Crippen LogP contribution in [-0.4, -0.2) is 32.3 Å². The summed E-state index contributed by atoms with van der Waals surface area (Å²) in [5.74, 6) is 0.874. The van der Waals surface area contributed by atoms with E-state index in [1.165, 1.54) is 0 Å². The number of benzene rings is 3. The molecule has 0 unspecified atom stereocenters. The molecule has 1 aliphatic heterocycles. The van der Waals surface area contributed by atoms with Crippen molar-refractivity contribution in [2.75, 3.05) is 26.4 Å². The molecule has 3 aromatic carbocycles. The van der Waals surface area contributed by atoms with E-state index in [1.807, 2.05) is 66.7 Å². The second kappa shape index (κ2) is 9.59. The number of hydrogen-bond donors (Lipinski definition) is 1. The number of rotatable bonds is 7. The molecule has 154 valence electrons. The lowest BCUT2D eigenvalue weighted by molar-refractivity contribution is -0.130. The predicted molar refractivity (Wildman–Crippen MR) is 119 cm³/mol. The van der Waals surface area contributed by atoms with Crippen LogP contribution < -0.4 is 10.1 Å². The molecule has 4 heteroatoms. The molecule has 0 spiro atoms. The molecule has 4 rings (SSSR count). The Bertz CT molecular complexity index is 950. The highest BCUT2D eigenvalue weighted by Gasteiger charge is 2.41. The van der Waals surface area contributed by atoms with Gasteiger partial charge in [-0.05, 0) is 30.0 Å². The third-order valence-corrected chi connectivity index (χ3v) is 5.72. The Morgan fingerprint density at radius 3 is 2.23 bits per heavy atom. The maximum atomic E-state index is 13.2. The van der Waals surface area contributed by atoms with Gasteiger partial charge in [0.15, 0.2) is 0 Å². The fraction of sp³-hybridized carbons (Fsp3) is 0.269.